The molecule has 0 radical (unpaired) electrons. The molecular formula is C22H20N8O4S. The zero-order chi connectivity index (χ0) is 24.7. The predicted molar refractivity (Wildman–Crippen MR) is 129 cm³/mol. The van der Waals surface area contributed by atoms with Gasteiger partial charge in [-0.25, -0.2) is 22.6 Å². The number of pyridine rings is 1. The van der Waals surface area contributed by atoms with Crippen LogP contribution in [-0.2, 0) is 14.8 Å². The Hall–Kier alpha value is -4.52. The van der Waals surface area contributed by atoms with Crippen molar-refractivity contribution in [3.05, 3.63) is 60.8 Å². The zero-order valence-corrected chi connectivity index (χ0v) is 19.5. The Morgan fingerprint density at radius 1 is 1.20 bits per heavy atom. The fraction of sp³-hybridized carbons (Fsp3) is 0.136. The van der Waals surface area contributed by atoms with E-state index in [1.807, 2.05) is 19.2 Å². The Labute approximate surface area is 199 Å². The summed E-state index contributed by atoms with van der Waals surface area (Å²) in [4.78, 5) is 20.0. The molecule has 13 heteroatoms. The third-order valence-corrected chi connectivity index (χ3v) is 6.53. The summed E-state index contributed by atoms with van der Waals surface area (Å²) >= 11 is 0. The number of fused-ring (bicyclic) bond motifs is 2. The summed E-state index contributed by atoms with van der Waals surface area (Å²) in [7, 11) is -2.47. The van der Waals surface area contributed by atoms with Gasteiger partial charge in [0.15, 0.2) is 5.65 Å². The van der Waals surface area contributed by atoms with E-state index in [-0.39, 0.29) is 5.69 Å². The molecule has 5 aromatic rings. The van der Waals surface area contributed by atoms with Crippen molar-refractivity contribution in [1.29, 1.82) is 0 Å². The molecule has 0 aliphatic carbocycles. The Balaban J connectivity index is 1.60. The van der Waals surface area contributed by atoms with Crippen LogP contribution in [0.4, 0.5) is 5.69 Å². The van der Waals surface area contributed by atoms with Gasteiger partial charge in [-0.3, -0.25) is 14.5 Å². The number of carbonyl (C=O) groups excluding carboxylic acids is 1. The molecule has 0 saturated heterocycles. The number of amides is 1. The number of benzene rings is 1. The normalized spacial score (nSPS) is 11.7. The van der Waals surface area contributed by atoms with E-state index in [0.29, 0.717) is 22.8 Å². The van der Waals surface area contributed by atoms with Crippen molar-refractivity contribution in [2.45, 2.75) is 6.92 Å². The average Bonchev–Trinajstić information content (AvgIpc) is 3.39. The summed E-state index contributed by atoms with van der Waals surface area (Å²) in [6.07, 6.45) is 6.95. The predicted octanol–water partition coefficient (Wildman–Crippen LogP) is 1.67. The van der Waals surface area contributed by atoms with Crippen molar-refractivity contribution in [3.8, 4) is 22.7 Å². The molecular weight excluding hydrogens is 472 g/mol. The molecule has 0 bridgehead atoms. The number of nitrogens with zero attached hydrogens (tertiary/aromatic N) is 6. The van der Waals surface area contributed by atoms with E-state index in [1.165, 1.54) is 13.2 Å². The highest BCUT2D eigenvalue weighted by Crippen LogP contribution is 2.32. The lowest BCUT2D eigenvalue weighted by molar-refractivity contribution is -0.115. The third-order valence-electron chi connectivity index (χ3n) is 5.32. The van der Waals surface area contributed by atoms with Crippen LogP contribution in [-0.4, -0.2) is 56.6 Å². The number of ether oxygens (including phenoxy) is 1. The molecule has 0 spiro atoms. The van der Waals surface area contributed by atoms with E-state index in [9.17, 15) is 13.2 Å². The van der Waals surface area contributed by atoms with Gasteiger partial charge in [-0.1, -0.05) is 0 Å². The van der Waals surface area contributed by atoms with Crippen LogP contribution in [0.25, 0.3) is 33.5 Å². The number of methoxy groups -OCH3 is 1. The second-order valence-electron chi connectivity index (χ2n) is 7.74. The number of carbonyl (C=O) groups is 1. The maximum absolute atomic E-state index is 12.1. The quantitative estimate of drug-likeness (QED) is 0.347. The second-order valence-corrected chi connectivity index (χ2v) is 9.47. The topological polar surface area (TPSA) is 159 Å². The smallest absolute Gasteiger partial charge is 0.241 e. The maximum atomic E-state index is 12.1. The minimum absolute atomic E-state index is 0.222. The molecule has 0 unspecified atom stereocenters. The van der Waals surface area contributed by atoms with Crippen LogP contribution in [0.1, 0.15) is 5.69 Å². The second kappa shape index (κ2) is 8.36. The van der Waals surface area contributed by atoms with E-state index in [1.54, 1.807) is 46.0 Å². The lowest BCUT2D eigenvalue weighted by Gasteiger charge is -2.13. The molecule has 1 amide bonds. The number of hydrogen-bond donors (Lipinski definition) is 2. The van der Waals surface area contributed by atoms with Gasteiger partial charge in [0.2, 0.25) is 15.9 Å². The summed E-state index contributed by atoms with van der Waals surface area (Å²) in [5, 5.41) is 9.83. The van der Waals surface area contributed by atoms with Gasteiger partial charge >= 0.3 is 0 Å². The van der Waals surface area contributed by atoms with Crippen LogP contribution in [0.2, 0.25) is 0 Å². The van der Waals surface area contributed by atoms with Gasteiger partial charge in [0.1, 0.15) is 17.2 Å². The highest BCUT2D eigenvalue weighted by Gasteiger charge is 2.19. The minimum atomic E-state index is -3.94. The van der Waals surface area contributed by atoms with Crippen LogP contribution in [0.15, 0.2) is 55.1 Å². The first-order valence-corrected chi connectivity index (χ1v) is 12.0. The number of nitrogens with two attached hydrogens (primary N) is 1. The molecule has 0 saturated carbocycles. The van der Waals surface area contributed by atoms with E-state index in [4.69, 9.17) is 10.5 Å². The third kappa shape index (κ3) is 4.12. The number of aryl methyl sites for hydroxylation is 1. The molecule has 0 aliphatic rings. The van der Waals surface area contributed by atoms with Gasteiger partial charge in [-0.15, -0.1) is 0 Å². The summed E-state index contributed by atoms with van der Waals surface area (Å²) in [5.41, 5.74) is 9.45. The van der Waals surface area contributed by atoms with Crippen molar-refractivity contribution < 1.29 is 17.9 Å². The Morgan fingerprint density at radius 3 is 2.80 bits per heavy atom. The van der Waals surface area contributed by atoms with Gasteiger partial charge in [-0.2, -0.15) is 10.2 Å². The van der Waals surface area contributed by atoms with Crippen molar-refractivity contribution in [2.75, 3.05) is 17.6 Å². The molecule has 178 valence electrons. The van der Waals surface area contributed by atoms with Crippen molar-refractivity contribution in [3.63, 3.8) is 0 Å². The summed E-state index contributed by atoms with van der Waals surface area (Å²) in [5.74, 6) is -1.41. The maximum Gasteiger partial charge on any atom is 0.241 e. The van der Waals surface area contributed by atoms with Gasteiger partial charge < -0.3 is 10.5 Å². The molecule has 3 N–H and O–H groups in total. The average molecular weight is 493 g/mol. The molecule has 0 fully saturated rings. The SMILES string of the molecule is COc1cc(NS(=O)(=O)CC(N)=O)ccc1-n1nc(C)c2cnc(-c3cnn4cccnc34)cc21. The number of nitrogens with one attached hydrogen (secondary N) is 1. The van der Waals surface area contributed by atoms with Gasteiger partial charge in [0, 0.05) is 30.0 Å². The summed E-state index contributed by atoms with van der Waals surface area (Å²) in [6.45, 7) is 1.87. The Kier molecular flexibility index (Phi) is 5.32. The number of aromatic nitrogens is 6. The fourth-order valence-electron chi connectivity index (χ4n) is 3.81. The van der Waals surface area contributed by atoms with Crippen LogP contribution >= 0.6 is 0 Å². The number of primary amides is 1. The lowest BCUT2D eigenvalue weighted by atomic mass is 10.1. The number of rotatable bonds is 7. The Morgan fingerprint density at radius 2 is 2.03 bits per heavy atom. The standard InChI is InChI=1S/C22H20N8O4S/c1-13-15-10-25-17(16-11-26-29-7-3-6-24-22(16)29)9-19(15)30(27-13)18-5-4-14(8-20(18)34-2)28-35(32,33)12-21(23)31/h3-11,28H,12H2,1-2H3,(H2,23,31). The van der Waals surface area contributed by atoms with E-state index in [0.717, 1.165) is 22.2 Å². The number of hydrogen-bond acceptors (Lipinski definition) is 8. The fourth-order valence-corrected chi connectivity index (χ4v) is 4.75. The molecule has 0 aliphatic heterocycles. The summed E-state index contributed by atoms with van der Waals surface area (Å²) < 4.78 is 35.4. The first kappa shape index (κ1) is 22.3. The van der Waals surface area contributed by atoms with Crippen LogP contribution < -0.4 is 15.2 Å². The van der Waals surface area contributed by atoms with E-state index < -0.39 is 21.7 Å². The molecule has 4 heterocycles. The summed E-state index contributed by atoms with van der Waals surface area (Å²) in [6, 6.07) is 8.42. The van der Waals surface area contributed by atoms with Crippen molar-refractivity contribution in [1.82, 2.24) is 29.4 Å². The monoisotopic (exact) mass is 492 g/mol. The largest absolute Gasteiger partial charge is 0.494 e. The number of anilines is 1. The highest BCUT2D eigenvalue weighted by molar-refractivity contribution is 7.93. The van der Waals surface area contributed by atoms with Crippen molar-refractivity contribution in [2.24, 2.45) is 5.73 Å². The first-order valence-electron chi connectivity index (χ1n) is 10.4. The highest BCUT2D eigenvalue weighted by atomic mass is 32.2. The van der Waals surface area contributed by atoms with Crippen LogP contribution in [0.5, 0.6) is 5.75 Å². The first-order chi connectivity index (χ1) is 16.8. The molecule has 0 atom stereocenters. The molecule has 12 nitrogen and oxygen atoms in total. The van der Waals surface area contributed by atoms with E-state index in [2.05, 4.69) is 24.9 Å². The number of sulfonamides is 1. The molecule has 1 aromatic carbocycles. The van der Waals surface area contributed by atoms with Crippen LogP contribution in [0, 0.1) is 6.92 Å². The van der Waals surface area contributed by atoms with Crippen LogP contribution in [0.3, 0.4) is 0 Å². The molecule has 35 heavy (non-hydrogen) atoms. The zero-order valence-electron chi connectivity index (χ0n) is 18.7. The Bertz CT molecular complexity index is 1710. The molecule has 5 rings (SSSR count). The lowest BCUT2D eigenvalue weighted by Crippen LogP contribution is -2.27. The van der Waals surface area contributed by atoms with Gasteiger partial charge in [-0.05, 0) is 31.2 Å². The minimum Gasteiger partial charge on any atom is -0.494 e. The van der Waals surface area contributed by atoms with Gasteiger partial charge in [0.25, 0.3) is 0 Å². The van der Waals surface area contributed by atoms with Gasteiger partial charge in [0.05, 0.1) is 41.5 Å². The van der Waals surface area contributed by atoms with E-state index >= 15 is 0 Å². The molecule has 4 aromatic heterocycles. The van der Waals surface area contributed by atoms with Crippen molar-refractivity contribution >= 4 is 38.2 Å².